The first-order valence-corrected chi connectivity index (χ1v) is 6.55. The van der Waals surface area contributed by atoms with Crippen LogP contribution in [0.1, 0.15) is 16.5 Å². The Morgan fingerprint density at radius 2 is 2.16 bits per heavy atom. The van der Waals surface area contributed by atoms with Crippen molar-refractivity contribution in [1.29, 1.82) is 0 Å². The smallest absolute Gasteiger partial charge is 0.134 e. The Morgan fingerprint density at radius 1 is 1.37 bits per heavy atom. The summed E-state index contributed by atoms with van der Waals surface area (Å²) in [5.41, 5.74) is 2.89. The van der Waals surface area contributed by atoms with Gasteiger partial charge < -0.3 is 4.74 Å². The lowest BCUT2D eigenvalue weighted by Gasteiger charge is -2.16. The summed E-state index contributed by atoms with van der Waals surface area (Å²) in [6, 6.07) is 4.87. The highest BCUT2D eigenvalue weighted by Crippen LogP contribution is 2.32. The van der Waals surface area contributed by atoms with Crippen molar-refractivity contribution in [2.24, 2.45) is 5.84 Å². The van der Waals surface area contributed by atoms with Crippen LogP contribution in [0.15, 0.2) is 29.6 Å². The van der Waals surface area contributed by atoms with Crippen LogP contribution in [0, 0.1) is 11.6 Å². The number of thiophene rings is 1. The summed E-state index contributed by atoms with van der Waals surface area (Å²) in [4.78, 5) is 0.855. The zero-order valence-corrected chi connectivity index (χ0v) is 11.1. The van der Waals surface area contributed by atoms with Crippen LogP contribution in [0.2, 0.25) is 0 Å². The molecule has 0 aliphatic carbocycles. The summed E-state index contributed by atoms with van der Waals surface area (Å²) in [6.45, 7) is 0. The molecule has 1 unspecified atom stereocenters. The van der Waals surface area contributed by atoms with Crippen LogP contribution in [-0.2, 0) is 6.42 Å². The van der Waals surface area contributed by atoms with E-state index in [1.54, 1.807) is 7.11 Å². The molecule has 1 aromatic heterocycles. The average Bonchev–Trinajstić information content (AvgIpc) is 2.88. The van der Waals surface area contributed by atoms with E-state index >= 15 is 0 Å². The summed E-state index contributed by atoms with van der Waals surface area (Å²) in [5, 5.41) is 1.86. The van der Waals surface area contributed by atoms with E-state index in [1.165, 1.54) is 17.4 Å². The second-order valence-corrected chi connectivity index (χ2v) is 4.96. The SMILES string of the molecule is COc1ccsc1C(Cc1cc(F)ccc1F)NN. The fraction of sp³-hybridized carbons (Fsp3) is 0.231. The molecule has 2 rings (SSSR count). The molecule has 3 N–H and O–H groups in total. The molecular formula is C13H14F2N2OS. The van der Waals surface area contributed by atoms with E-state index in [9.17, 15) is 8.78 Å². The van der Waals surface area contributed by atoms with Crippen molar-refractivity contribution in [2.45, 2.75) is 12.5 Å². The molecule has 1 heterocycles. The first-order chi connectivity index (χ1) is 9.15. The normalized spacial score (nSPS) is 12.4. The fourth-order valence-electron chi connectivity index (χ4n) is 1.88. The molecule has 0 spiro atoms. The van der Waals surface area contributed by atoms with E-state index in [2.05, 4.69) is 5.43 Å². The van der Waals surface area contributed by atoms with Gasteiger partial charge in [0.05, 0.1) is 18.0 Å². The third-order valence-electron chi connectivity index (χ3n) is 2.83. The van der Waals surface area contributed by atoms with E-state index in [-0.39, 0.29) is 18.0 Å². The minimum absolute atomic E-state index is 0.247. The van der Waals surface area contributed by atoms with Crippen molar-refractivity contribution in [1.82, 2.24) is 5.43 Å². The van der Waals surface area contributed by atoms with Crippen molar-refractivity contribution in [3.8, 4) is 5.75 Å². The van der Waals surface area contributed by atoms with Gasteiger partial charge in [0.1, 0.15) is 17.4 Å². The van der Waals surface area contributed by atoms with E-state index in [4.69, 9.17) is 10.6 Å². The van der Waals surface area contributed by atoms with Gasteiger partial charge in [0.15, 0.2) is 0 Å². The molecular weight excluding hydrogens is 270 g/mol. The van der Waals surface area contributed by atoms with Gasteiger partial charge in [-0.25, -0.2) is 8.78 Å². The molecule has 0 fully saturated rings. The number of ether oxygens (including phenoxy) is 1. The highest BCUT2D eigenvalue weighted by atomic mass is 32.1. The number of hydrogen-bond donors (Lipinski definition) is 2. The van der Waals surface area contributed by atoms with Crippen molar-refractivity contribution >= 4 is 11.3 Å². The van der Waals surface area contributed by atoms with Gasteiger partial charge in [-0.1, -0.05) is 0 Å². The number of methoxy groups -OCH3 is 1. The summed E-state index contributed by atoms with van der Waals surface area (Å²) in [7, 11) is 1.56. The van der Waals surface area contributed by atoms with Gasteiger partial charge >= 0.3 is 0 Å². The Balaban J connectivity index is 2.26. The van der Waals surface area contributed by atoms with Gasteiger partial charge in [0.25, 0.3) is 0 Å². The highest BCUT2D eigenvalue weighted by molar-refractivity contribution is 7.10. The number of halogens is 2. The Morgan fingerprint density at radius 3 is 2.84 bits per heavy atom. The van der Waals surface area contributed by atoms with E-state index < -0.39 is 11.6 Å². The van der Waals surface area contributed by atoms with Gasteiger partial charge in [-0.05, 0) is 41.6 Å². The predicted octanol–water partition coefficient (Wildman–Crippen LogP) is 2.78. The maximum Gasteiger partial charge on any atom is 0.134 e. The summed E-state index contributed by atoms with van der Waals surface area (Å²) >= 11 is 1.45. The molecule has 1 aromatic carbocycles. The number of hydrazine groups is 1. The standard InChI is InChI=1S/C13H14F2N2OS/c1-18-12-4-5-19-13(12)11(17-16)7-8-6-9(14)2-3-10(8)15/h2-6,11,17H,7,16H2,1H3. The second kappa shape index (κ2) is 6.10. The second-order valence-electron chi connectivity index (χ2n) is 4.01. The van der Waals surface area contributed by atoms with Crippen molar-refractivity contribution in [3.63, 3.8) is 0 Å². The zero-order valence-electron chi connectivity index (χ0n) is 10.3. The minimum atomic E-state index is -0.467. The van der Waals surface area contributed by atoms with Gasteiger partial charge in [0.2, 0.25) is 0 Å². The average molecular weight is 284 g/mol. The third-order valence-corrected chi connectivity index (χ3v) is 3.84. The van der Waals surface area contributed by atoms with Crippen LogP contribution in [0.4, 0.5) is 8.78 Å². The molecule has 19 heavy (non-hydrogen) atoms. The molecule has 0 saturated carbocycles. The van der Waals surface area contributed by atoms with E-state index in [0.29, 0.717) is 5.75 Å². The first kappa shape index (κ1) is 13.9. The summed E-state index contributed by atoms with van der Waals surface area (Å²) < 4.78 is 32.0. The number of benzene rings is 1. The van der Waals surface area contributed by atoms with Crippen molar-refractivity contribution in [2.75, 3.05) is 7.11 Å². The number of rotatable bonds is 5. The lowest BCUT2D eigenvalue weighted by atomic mass is 10.0. The predicted molar refractivity (Wildman–Crippen MR) is 71.0 cm³/mol. The summed E-state index contributed by atoms with van der Waals surface area (Å²) in [5.74, 6) is 5.28. The lowest BCUT2D eigenvalue weighted by molar-refractivity contribution is 0.402. The Kier molecular flexibility index (Phi) is 4.47. The molecule has 2 aromatic rings. The van der Waals surface area contributed by atoms with Crippen LogP contribution in [-0.4, -0.2) is 7.11 Å². The Bertz CT molecular complexity index is 559. The Hall–Kier alpha value is -1.50. The van der Waals surface area contributed by atoms with Crippen LogP contribution in [0.25, 0.3) is 0 Å². The van der Waals surface area contributed by atoms with E-state index in [1.807, 2.05) is 11.4 Å². The molecule has 0 saturated heterocycles. The minimum Gasteiger partial charge on any atom is -0.496 e. The van der Waals surface area contributed by atoms with E-state index in [0.717, 1.165) is 17.0 Å². The molecule has 0 radical (unpaired) electrons. The molecule has 1 atom stereocenters. The number of nitrogens with two attached hydrogens (primary N) is 1. The first-order valence-electron chi connectivity index (χ1n) is 5.67. The zero-order chi connectivity index (χ0) is 13.8. The lowest BCUT2D eigenvalue weighted by Crippen LogP contribution is -2.29. The largest absolute Gasteiger partial charge is 0.496 e. The van der Waals surface area contributed by atoms with Crippen molar-refractivity contribution in [3.05, 3.63) is 51.7 Å². The van der Waals surface area contributed by atoms with Crippen molar-refractivity contribution < 1.29 is 13.5 Å². The fourth-order valence-corrected chi connectivity index (χ4v) is 2.80. The van der Waals surface area contributed by atoms with Crippen LogP contribution >= 0.6 is 11.3 Å². The van der Waals surface area contributed by atoms with Crippen LogP contribution < -0.4 is 16.0 Å². The molecule has 0 bridgehead atoms. The topological polar surface area (TPSA) is 47.3 Å². The molecule has 0 aliphatic heterocycles. The molecule has 6 heteroatoms. The summed E-state index contributed by atoms with van der Waals surface area (Å²) in [6.07, 6.45) is 0.247. The number of nitrogens with one attached hydrogen (secondary N) is 1. The van der Waals surface area contributed by atoms with Gasteiger partial charge in [0, 0.05) is 0 Å². The highest BCUT2D eigenvalue weighted by Gasteiger charge is 2.19. The van der Waals surface area contributed by atoms with Gasteiger partial charge in [-0.15, -0.1) is 11.3 Å². The number of hydrogen-bond acceptors (Lipinski definition) is 4. The molecule has 3 nitrogen and oxygen atoms in total. The monoisotopic (exact) mass is 284 g/mol. The maximum atomic E-state index is 13.6. The quantitative estimate of drug-likeness (QED) is 0.655. The maximum absolute atomic E-state index is 13.6. The third kappa shape index (κ3) is 3.09. The molecule has 0 aliphatic rings. The van der Waals surface area contributed by atoms with Crippen LogP contribution in [0.3, 0.4) is 0 Å². The van der Waals surface area contributed by atoms with Gasteiger partial charge in [-0.2, -0.15) is 0 Å². The van der Waals surface area contributed by atoms with Gasteiger partial charge in [-0.3, -0.25) is 11.3 Å². The molecule has 102 valence electrons. The Labute approximate surface area is 114 Å². The van der Waals surface area contributed by atoms with Crippen LogP contribution in [0.5, 0.6) is 5.75 Å². The molecule has 0 amide bonds.